The number of hydrogen-bond donors (Lipinski definition) is 2. The molecule has 0 aliphatic carbocycles. The number of aliphatic hydroxyl groups excluding tert-OH is 1. The Bertz CT molecular complexity index is 636. The summed E-state index contributed by atoms with van der Waals surface area (Å²) in [4.78, 5) is 27.3. The van der Waals surface area contributed by atoms with Crippen LogP contribution in [0.5, 0.6) is 0 Å². The number of carbonyl (C=O) groups is 2. The lowest BCUT2D eigenvalue weighted by Gasteiger charge is -2.29. The molecule has 2 amide bonds. The number of imide groups is 1. The molecule has 2 N–H and O–H groups in total. The quantitative estimate of drug-likeness (QED) is 0.802. The Morgan fingerprint density at radius 2 is 1.91 bits per heavy atom. The lowest BCUT2D eigenvalue weighted by Crippen LogP contribution is -2.34. The summed E-state index contributed by atoms with van der Waals surface area (Å²) in [6.07, 6.45) is 4.96. The number of carbonyl (C=O) groups excluding carboxylic acids is 2. The van der Waals surface area contributed by atoms with Crippen molar-refractivity contribution in [3.8, 4) is 0 Å². The van der Waals surface area contributed by atoms with Crippen LogP contribution in [0.2, 0.25) is 0 Å². The SMILES string of the molecule is O=C1C=C(Nc2cccc(N3CCCCC3)c2)C(=O)N1CCO. The molecule has 1 fully saturated rings. The third kappa shape index (κ3) is 3.37. The van der Waals surface area contributed by atoms with Crippen LogP contribution in [0.4, 0.5) is 11.4 Å². The number of nitrogens with one attached hydrogen (secondary N) is 1. The molecule has 1 saturated heterocycles. The van der Waals surface area contributed by atoms with Crippen LogP contribution in [0.25, 0.3) is 0 Å². The van der Waals surface area contributed by atoms with Gasteiger partial charge >= 0.3 is 0 Å². The van der Waals surface area contributed by atoms with Gasteiger partial charge in [-0.2, -0.15) is 0 Å². The topological polar surface area (TPSA) is 72.9 Å². The molecule has 0 bridgehead atoms. The highest BCUT2D eigenvalue weighted by molar-refractivity contribution is 6.17. The van der Waals surface area contributed by atoms with Crippen molar-refractivity contribution in [1.29, 1.82) is 0 Å². The fraction of sp³-hybridized carbons (Fsp3) is 0.412. The molecule has 23 heavy (non-hydrogen) atoms. The van der Waals surface area contributed by atoms with E-state index >= 15 is 0 Å². The van der Waals surface area contributed by atoms with Crippen LogP contribution in [-0.4, -0.2) is 48.1 Å². The Morgan fingerprint density at radius 1 is 1.13 bits per heavy atom. The second-order valence-electron chi connectivity index (χ2n) is 5.80. The van der Waals surface area contributed by atoms with Crippen LogP contribution in [0.1, 0.15) is 19.3 Å². The van der Waals surface area contributed by atoms with Crippen LogP contribution in [0.3, 0.4) is 0 Å². The van der Waals surface area contributed by atoms with Crippen molar-refractivity contribution in [2.45, 2.75) is 19.3 Å². The maximum Gasteiger partial charge on any atom is 0.277 e. The molecule has 0 radical (unpaired) electrons. The molecule has 1 aromatic carbocycles. The molecule has 2 aliphatic heterocycles. The van der Waals surface area contributed by atoms with Crippen molar-refractivity contribution in [2.75, 3.05) is 36.5 Å². The third-order valence-electron chi connectivity index (χ3n) is 4.18. The smallest absolute Gasteiger partial charge is 0.277 e. The van der Waals surface area contributed by atoms with Crippen LogP contribution >= 0.6 is 0 Å². The normalized spacial score (nSPS) is 18.4. The first-order valence-electron chi connectivity index (χ1n) is 7.99. The Balaban J connectivity index is 1.72. The summed E-state index contributed by atoms with van der Waals surface area (Å²) in [6, 6.07) is 7.88. The van der Waals surface area contributed by atoms with E-state index in [1.807, 2.05) is 18.2 Å². The van der Waals surface area contributed by atoms with Gasteiger partial charge in [0.1, 0.15) is 5.70 Å². The van der Waals surface area contributed by atoms with E-state index in [1.165, 1.54) is 25.3 Å². The minimum atomic E-state index is -0.396. The van der Waals surface area contributed by atoms with Crippen molar-refractivity contribution in [3.63, 3.8) is 0 Å². The number of piperidine rings is 1. The minimum absolute atomic E-state index is 0.0210. The molecule has 6 nitrogen and oxygen atoms in total. The largest absolute Gasteiger partial charge is 0.395 e. The summed E-state index contributed by atoms with van der Waals surface area (Å²) in [5.41, 5.74) is 2.16. The number of hydrogen-bond acceptors (Lipinski definition) is 5. The van der Waals surface area contributed by atoms with Crippen LogP contribution in [-0.2, 0) is 9.59 Å². The molecule has 0 aromatic heterocycles. The van der Waals surface area contributed by atoms with Crippen LogP contribution in [0, 0.1) is 0 Å². The molecule has 6 heteroatoms. The number of anilines is 2. The van der Waals surface area contributed by atoms with Crippen molar-refractivity contribution < 1.29 is 14.7 Å². The van der Waals surface area contributed by atoms with E-state index in [-0.39, 0.29) is 18.8 Å². The van der Waals surface area contributed by atoms with E-state index in [0.29, 0.717) is 0 Å². The van der Waals surface area contributed by atoms with Gasteiger partial charge in [-0.1, -0.05) is 6.07 Å². The van der Waals surface area contributed by atoms with Gasteiger partial charge in [-0.05, 0) is 37.5 Å². The number of aliphatic hydroxyl groups is 1. The molecule has 0 spiro atoms. The fourth-order valence-electron chi connectivity index (χ4n) is 3.00. The maximum absolute atomic E-state index is 12.1. The predicted octanol–water partition coefficient (Wildman–Crippen LogP) is 1.33. The number of amides is 2. The molecule has 0 saturated carbocycles. The highest BCUT2D eigenvalue weighted by Gasteiger charge is 2.30. The Labute approximate surface area is 135 Å². The minimum Gasteiger partial charge on any atom is -0.395 e. The standard InChI is InChI=1S/C17H21N3O3/c21-10-9-20-16(22)12-15(17(20)23)18-13-5-4-6-14(11-13)19-7-2-1-3-8-19/h4-6,11-12,18,21H,1-3,7-10H2. The molecular formula is C17H21N3O3. The Kier molecular flexibility index (Phi) is 4.62. The van der Waals surface area contributed by atoms with E-state index in [0.717, 1.165) is 29.4 Å². The van der Waals surface area contributed by atoms with Crippen LogP contribution in [0.15, 0.2) is 36.0 Å². The Morgan fingerprint density at radius 3 is 2.65 bits per heavy atom. The van der Waals surface area contributed by atoms with Gasteiger partial charge < -0.3 is 15.3 Å². The van der Waals surface area contributed by atoms with Crippen molar-refractivity contribution in [1.82, 2.24) is 4.90 Å². The molecule has 0 atom stereocenters. The third-order valence-corrected chi connectivity index (χ3v) is 4.18. The molecule has 0 unspecified atom stereocenters. The molecule has 3 rings (SSSR count). The highest BCUT2D eigenvalue weighted by Crippen LogP contribution is 2.24. The van der Waals surface area contributed by atoms with E-state index in [1.54, 1.807) is 0 Å². The second-order valence-corrected chi connectivity index (χ2v) is 5.80. The monoisotopic (exact) mass is 315 g/mol. The van der Waals surface area contributed by atoms with Gasteiger partial charge in [0.15, 0.2) is 0 Å². The summed E-state index contributed by atoms with van der Waals surface area (Å²) in [5.74, 6) is -0.786. The van der Waals surface area contributed by atoms with Gasteiger partial charge in [0.2, 0.25) is 0 Å². The van der Waals surface area contributed by atoms with Gasteiger partial charge in [-0.15, -0.1) is 0 Å². The molecule has 2 aliphatic rings. The van der Waals surface area contributed by atoms with Crippen molar-refractivity contribution >= 4 is 23.2 Å². The zero-order chi connectivity index (χ0) is 16.2. The van der Waals surface area contributed by atoms with Crippen LogP contribution < -0.4 is 10.2 Å². The Hall–Kier alpha value is -2.34. The van der Waals surface area contributed by atoms with E-state index in [2.05, 4.69) is 16.3 Å². The first-order valence-corrected chi connectivity index (χ1v) is 7.99. The van der Waals surface area contributed by atoms with Gasteiger partial charge in [0.25, 0.3) is 11.8 Å². The predicted molar refractivity (Wildman–Crippen MR) is 88.0 cm³/mol. The van der Waals surface area contributed by atoms with Gasteiger partial charge in [-0.25, -0.2) is 0 Å². The average Bonchev–Trinajstić information content (AvgIpc) is 2.84. The average molecular weight is 315 g/mol. The number of benzene rings is 1. The second kappa shape index (κ2) is 6.83. The number of β-amino-alcohol motifs (C(OH)–C–C–N with tert-alkyl or cyclic N) is 1. The molecule has 2 heterocycles. The van der Waals surface area contributed by atoms with E-state index in [4.69, 9.17) is 5.11 Å². The lowest BCUT2D eigenvalue weighted by atomic mass is 10.1. The van der Waals surface area contributed by atoms with E-state index in [9.17, 15) is 9.59 Å². The van der Waals surface area contributed by atoms with Gasteiger partial charge in [0, 0.05) is 30.5 Å². The highest BCUT2D eigenvalue weighted by atomic mass is 16.3. The van der Waals surface area contributed by atoms with Crippen molar-refractivity contribution in [2.24, 2.45) is 0 Å². The molecule has 1 aromatic rings. The first kappa shape index (κ1) is 15.6. The summed E-state index contributed by atoms with van der Waals surface area (Å²) in [6.45, 7) is 1.89. The number of rotatable bonds is 5. The zero-order valence-electron chi connectivity index (χ0n) is 13.0. The van der Waals surface area contributed by atoms with E-state index < -0.39 is 11.8 Å². The fourth-order valence-corrected chi connectivity index (χ4v) is 3.00. The summed E-state index contributed by atoms with van der Waals surface area (Å²) in [7, 11) is 0. The lowest BCUT2D eigenvalue weighted by molar-refractivity contribution is -0.137. The van der Waals surface area contributed by atoms with Gasteiger partial charge in [0.05, 0.1) is 13.2 Å². The van der Waals surface area contributed by atoms with Gasteiger partial charge in [-0.3, -0.25) is 14.5 Å². The number of nitrogens with zero attached hydrogens (tertiary/aromatic N) is 2. The summed E-state index contributed by atoms with van der Waals surface area (Å²) >= 11 is 0. The maximum atomic E-state index is 12.1. The first-order chi connectivity index (χ1) is 11.2. The zero-order valence-corrected chi connectivity index (χ0v) is 13.0. The molecular weight excluding hydrogens is 294 g/mol. The van der Waals surface area contributed by atoms with Crippen molar-refractivity contribution in [3.05, 3.63) is 36.0 Å². The molecule has 122 valence electrons. The summed E-state index contributed by atoms with van der Waals surface area (Å²) in [5, 5.41) is 12.0. The summed E-state index contributed by atoms with van der Waals surface area (Å²) < 4.78 is 0.